The SMILES string of the molecule is CCCCCCCCCCCCCCCCCCC(=O)OCC(COP(=O)(O)OC1C(OC2OC(CO)C(O)C(O)C2O)C(O)C(O)C(O)C1OC1OC(COC(=O)CCCCCCCCC(C)CCCCCCCC)C(O)C(O)C1O)OC(=O)CCCCCCCCCCCCCCCC. The highest BCUT2D eigenvalue weighted by Crippen LogP contribution is 2.49. The number of hydrogen-bond acceptors (Lipinski definition) is 23. The van der Waals surface area contributed by atoms with Crippen molar-refractivity contribution in [1.82, 2.24) is 0 Å². The third kappa shape index (κ3) is 40.1. The van der Waals surface area contributed by atoms with Crippen LogP contribution in [0.1, 0.15) is 329 Å². The highest BCUT2D eigenvalue weighted by molar-refractivity contribution is 7.47. The molecule has 1 saturated carbocycles. The Kier molecular flexibility index (Phi) is 52.7. The van der Waals surface area contributed by atoms with Crippen LogP contribution in [0.5, 0.6) is 0 Å². The smallest absolute Gasteiger partial charge is 0.463 e. The van der Waals surface area contributed by atoms with E-state index in [-0.39, 0.29) is 19.3 Å². The molecule has 2 heterocycles. The van der Waals surface area contributed by atoms with Crippen LogP contribution in [-0.2, 0) is 61.2 Å². The van der Waals surface area contributed by atoms with Crippen LogP contribution in [0, 0.1) is 5.92 Å². The lowest BCUT2D eigenvalue weighted by Gasteiger charge is -2.49. The van der Waals surface area contributed by atoms with Gasteiger partial charge in [0.15, 0.2) is 18.7 Å². The topological polar surface area (TPSA) is 374 Å². The fourth-order valence-corrected chi connectivity index (χ4v) is 14.6. The van der Waals surface area contributed by atoms with Crippen LogP contribution in [0.4, 0.5) is 0 Å². The predicted molar refractivity (Wildman–Crippen MR) is 384 cm³/mol. The van der Waals surface area contributed by atoms with Crippen LogP contribution in [-0.4, -0.2) is 204 Å². The number of phosphoric ester groups is 1. The summed E-state index contributed by atoms with van der Waals surface area (Å²) in [4.78, 5) is 51.2. The standard InChI is InChI=1S/C76H143O24P/c1-5-8-11-14-17-19-21-23-25-26-28-29-31-33-39-44-49-60(78)92-53-57(95-62(80)51-46-41-34-32-30-27-24-22-20-18-15-12-9-6-2)54-94-101(90,91)100-74-72(98-75-70(88)65(83)63(81)58(52-77)96-75)68(86)67(85)69(87)73(74)99-76-71(89)66(84)64(82)59(97-76)55-93-61(79)50-45-40-36-35-38-43-48-56(4)47-42-37-16-13-10-7-3/h56-59,63-77,81-89H,5-55H2,1-4H3,(H,90,91). The number of ether oxygens (including phenoxy) is 7. The van der Waals surface area contributed by atoms with E-state index in [1.54, 1.807) is 0 Å². The molecule has 2 aliphatic heterocycles. The summed E-state index contributed by atoms with van der Waals surface area (Å²) in [5.41, 5.74) is 0. The molecule has 101 heavy (non-hydrogen) atoms. The van der Waals surface area contributed by atoms with Crippen LogP contribution in [0.2, 0.25) is 0 Å². The summed E-state index contributed by atoms with van der Waals surface area (Å²) in [6.07, 6.45) is 14.3. The first-order valence-electron chi connectivity index (χ1n) is 40.2. The van der Waals surface area contributed by atoms with Crippen LogP contribution < -0.4 is 0 Å². The molecule has 0 aromatic heterocycles. The normalized spacial score (nSPS) is 27.4. The third-order valence-electron chi connectivity index (χ3n) is 20.3. The minimum Gasteiger partial charge on any atom is -0.463 e. The fourth-order valence-electron chi connectivity index (χ4n) is 13.7. The van der Waals surface area contributed by atoms with Gasteiger partial charge in [0.05, 0.1) is 13.2 Å². The zero-order valence-corrected chi connectivity index (χ0v) is 63.5. The van der Waals surface area contributed by atoms with E-state index in [4.69, 9.17) is 42.2 Å². The van der Waals surface area contributed by atoms with E-state index >= 15 is 0 Å². The number of rotatable bonds is 63. The first kappa shape index (κ1) is 93.2. The summed E-state index contributed by atoms with van der Waals surface area (Å²) < 4.78 is 65.2. The van der Waals surface area contributed by atoms with Crippen LogP contribution in [0.25, 0.3) is 0 Å². The zero-order chi connectivity index (χ0) is 74.1. The predicted octanol–water partition coefficient (Wildman–Crippen LogP) is 12.0. The first-order valence-corrected chi connectivity index (χ1v) is 41.7. The van der Waals surface area contributed by atoms with Crippen molar-refractivity contribution in [2.45, 2.75) is 434 Å². The lowest BCUT2D eigenvalue weighted by Crippen LogP contribution is -2.69. The number of carbonyl (C=O) groups excluding carboxylic acids is 3. The number of hydrogen-bond donors (Lipinski definition) is 11. The van der Waals surface area contributed by atoms with Gasteiger partial charge in [0.1, 0.15) is 98.7 Å². The van der Waals surface area contributed by atoms with Crippen molar-refractivity contribution >= 4 is 25.7 Å². The van der Waals surface area contributed by atoms with Gasteiger partial charge in [-0.05, 0) is 25.2 Å². The van der Waals surface area contributed by atoms with Gasteiger partial charge in [-0.1, -0.05) is 291 Å². The number of phosphoric acid groups is 1. The van der Waals surface area contributed by atoms with Crippen molar-refractivity contribution in [3.8, 4) is 0 Å². The summed E-state index contributed by atoms with van der Waals surface area (Å²) in [5.74, 6) is -1.27. The summed E-state index contributed by atoms with van der Waals surface area (Å²) in [6.45, 7) is 5.82. The van der Waals surface area contributed by atoms with E-state index < -0.39 is 156 Å². The Morgan fingerprint density at radius 2 is 0.693 bits per heavy atom. The van der Waals surface area contributed by atoms with Crippen molar-refractivity contribution in [2.75, 3.05) is 26.4 Å². The molecule has 0 bridgehead atoms. The second-order valence-corrected chi connectivity index (χ2v) is 30.8. The Morgan fingerprint density at radius 3 is 1.07 bits per heavy atom. The van der Waals surface area contributed by atoms with E-state index in [0.29, 0.717) is 25.2 Å². The molecule has 3 aliphatic rings. The number of aliphatic hydroxyl groups excluding tert-OH is 10. The second kappa shape index (κ2) is 57.1. The monoisotopic (exact) mass is 1470 g/mol. The largest absolute Gasteiger partial charge is 0.472 e. The molecule has 0 radical (unpaired) electrons. The quantitative estimate of drug-likeness (QED) is 0.0117. The van der Waals surface area contributed by atoms with Gasteiger partial charge in [-0.3, -0.25) is 23.4 Å². The van der Waals surface area contributed by atoms with Crippen molar-refractivity contribution < 1.29 is 117 Å². The summed E-state index contributed by atoms with van der Waals surface area (Å²) in [6, 6.07) is 0. The van der Waals surface area contributed by atoms with Gasteiger partial charge in [-0.2, -0.15) is 0 Å². The van der Waals surface area contributed by atoms with E-state index in [1.165, 1.54) is 173 Å². The zero-order valence-electron chi connectivity index (χ0n) is 62.6. The van der Waals surface area contributed by atoms with Crippen molar-refractivity contribution in [3.05, 3.63) is 0 Å². The lowest BCUT2D eigenvalue weighted by atomic mass is 9.84. The summed E-state index contributed by atoms with van der Waals surface area (Å²) >= 11 is 0. The highest BCUT2D eigenvalue weighted by Gasteiger charge is 2.58. The van der Waals surface area contributed by atoms with E-state index in [0.717, 1.165) is 89.9 Å². The van der Waals surface area contributed by atoms with Gasteiger partial charge >= 0.3 is 25.7 Å². The Bertz CT molecular complexity index is 2100. The maximum atomic E-state index is 14.4. The van der Waals surface area contributed by atoms with Gasteiger partial charge in [0.2, 0.25) is 0 Å². The number of carbonyl (C=O) groups is 3. The molecule has 3 rings (SSSR count). The fraction of sp³-hybridized carbons (Fsp3) is 0.961. The van der Waals surface area contributed by atoms with Crippen molar-refractivity contribution in [2.24, 2.45) is 5.92 Å². The van der Waals surface area contributed by atoms with Crippen molar-refractivity contribution in [1.29, 1.82) is 0 Å². The maximum absolute atomic E-state index is 14.4. The molecular formula is C76H143O24P. The molecule has 0 aromatic rings. The molecule has 19 atom stereocenters. The highest BCUT2D eigenvalue weighted by atomic mass is 31.2. The molecule has 24 nitrogen and oxygen atoms in total. The average molecular weight is 1470 g/mol. The average Bonchev–Trinajstić information content (AvgIpc) is 0.762. The van der Waals surface area contributed by atoms with Crippen LogP contribution in [0.15, 0.2) is 0 Å². The molecule has 3 fully saturated rings. The number of unbranched alkanes of at least 4 members (excludes halogenated alkanes) is 38. The van der Waals surface area contributed by atoms with E-state index in [1.807, 2.05) is 0 Å². The molecule has 25 heteroatoms. The lowest BCUT2D eigenvalue weighted by molar-refractivity contribution is -0.360. The second-order valence-electron chi connectivity index (χ2n) is 29.4. The van der Waals surface area contributed by atoms with Gasteiger partial charge in [-0.25, -0.2) is 4.57 Å². The summed E-state index contributed by atoms with van der Waals surface area (Å²) in [7, 11) is -5.70. The molecule has 1 aliphatic carbocycles. The molecule has 0 spiro atoms. The summed E-state index contributed by atoms with van der Waals surface area (Å²) in [5, 5.41) is 110. The van der Waals surface area contributed by atoms with E-state index in [9.17, 15) is 74.9 Å². The van der Waals surface area contributed by atoms with Gasteiger partial charge in [0, 0.05) is 19.3 Å². The van der Waals surface area contributed by atoms with Gasteiger partial charge in [-0.15, -0.1) is 0 Å². The van der Waals surface area contributed by atoms with Crippen molar-refractivity contribution in [3.63, 3.8) is 0 Å². The minimum absolute atomic E-state index is 0.0311. The van der Waals surface area contributed by atoms with Crippen LogP contribution in [0.3, 0.4) is 0 Å². The van der Waals surface area contributed by atoms with Gasteiger partial charge < -0.3 is 89.1 Å². The molecule has 0 amide bonds. The van der Waals surface area contributed by atoms with E-state index in [2.05, 4.69) is 27.7 Å². The molecule has 596 valence electrons. The Balaban J connectivity index is 1.71. The number of esters is 3. The maximum Gasteiger partial charge on any atom is 0.472 e. The Labute approximate surface area is 606 Å². The molecule has 11 N–H and O–H groups in total. The molecule has 2 saturated heterocycles. The molecular weight excluding hydrogens is 1330 g/mol. The Hall–Kier alpha value is -2.04. The minimum atomic E-state index is -5.70. The molecule has 0 aromatic carbocycles. The van der Waals surface area contributed by atoms with Gasteiger partial charge in [0.25, 0.3) is 0 Å². The number of aliphatic hydroxyl groups is 10. The van der Waals surface area contributed by atoms with Crippen LogP contribution >= 0.6 is 7.82 Å². The Morgan fingerprint density at radius 1 is 0.376 bits per heavy atom. The molecule has 19 unspecified atom stereocenters. The third-order valence-corrected chi connectivity index (χ3v) is 21.3. The first-order chi connectivity index (χ1) is 48.7.